The zero-order chi connectivity index (χ0) is 20.6. The van der Waals surface area contributed by atoms with Gasteiger partial charge in [0.05, 0.1) is 18.1 Å². The maximum atomic E-state index is 13.6. The smallest absolute Gasteiger partial charge is 0.314 e. The van der Waals surface area contributed by atoms with Crippen molar-refractivity contribution in [2.24, 2.45) is 0 Å². The number of alkyl halides is 3. The van der Waals surface area contributed by atoms with Crippen molar-refractivity contribution in [2.45, 2.75) is 19.0 Å². The molecular formula is C19H17F3N6O. The van der Waals surface area contributed by atoms with Crippen LogP contribution in [0.2, 0.25) is 0 Å². The van der Waals surface area contributed by atoms with E-state index in [0.717, 1.165) is 16.6 Å². The molecule has 3 aromatic rings. The van der Waals surface area contributed by atoms with Crippen LogP contribution >= 0.6 is 0 Å². The second-order valence-corrected chi connectivity index (χ2v) is 6.59. The van der Waals surface area contributed by atoms with E-state index in [1.807, 2.05) is 18.2 Å². The van der Waals surface area contributed by atoms with Crippen LogP contribution in [0, 0.1) is 0 Å². The lowest BCUT2D eigenvalue weighted by atomic mass is 10.3. The van der Waals surface area contributed by atoms with Crippen molar-refractivity contribution >= 4 is 23.2 Å². The molecule has 1 aromatic carbocycles. The molecule has 0 bridgehead atoms. The standard InChI is InChI=1S/C19H17F3N6O/c1-26(13-6-3-2-4-7-13)18-23-11-15(19(20,21)22)17(25-18)28-12-14(10-24-28)27-9-5-8-16(27)29/h2-4,6-7,10-12H,5,8-9H2,1H3. The van der Waals surface area contributed by atoms with E-state index in [-0.39, 0.29) is 11.9 Å². The van der Waals surface area contributed by atoms with Crippen LogP contribution in [0.3, 0.4) is 0 Å². The van der Waals surface area contributed by atoms with E-state index in [4.69, 9.17) is 0 Å². The highest BCUT2D eigenvalue weighted by Crippen LogP contribution is 2.34. The van der Waals surface area contributed by atoms with Gasteiger partial charge >= 0.3 is 6.18 Å². The Labute approximate surface area is 164 Å². The van der Waals surface area contributed by atoms with Crippen molar-refractivity contribution in [2.75, 3.05) is 23.4 Å². The lowest BCUT2D eigenvalue weighted by molar-refractivity contribution is -0.138. The van der Waals surface area contributed by atoms with Crippen LogP contribution in [0.15, 0.2) is 48.9 Å². The Morgan fingerprint density at radius 2 is 1.90 bits per heavy atom. The van der Waals surface area contributed by atoms with E-state index in [2.05, 4.69) is 15.1 Å². The van der Waals surface area contributed by atoms with Gasteiger partial charge < -0.3 is 9.80 Å². The first-order chi connectivity index (χ1) is 13.8. The van der Waals surface area contributed by atoms with Gasteiger partial charge in [-0.3, -0.25) is 4.79 Å². The molecule has 1 fully saturated rings. The Balaban J connectivity index is 1.76. The lowest BCUT2D eigenvalue weighted by Crippen LogP contribution is -2.23. The van der Waals surface area contributed by atoms with Crippen LogP contribution in [0.1, 0.15) is 18.4 Å². The number of hydrogen-bond acceptors (Lipinski definition) is 5. The fourth-order valence-electron chi connectivity index (χ4n) is 3.16. The average Bonchev–Trinajstić information content (AvgIpc) is 3.35. The summed E-state index contributed by atoms with van der Waals surface area (Å²) < 4.78 is 41.7. The van der Waals surface area contributed by atoms with Crippen LogP contribution in [0.5, 0.6) is 0 Å². The molecule has 2 aromatic heterocycles. The summed E-state index contributed by atoms with van der Waals surface area (Å²) in [5.74, 6) is -0.385. The van der Waals surface area contributed by atoms with Crippen LogP contribution in [0.25, 0.3) is 5.82 Å². The average molecular weight is 402 g/mol. The molecule has 0 saturated carbocycles. The van der Waals surface area contributed by atoms with Gasteiger partial charge in [0.2, 0.25) is 11.9 Å². The molecule has 10 heteroatoms. The van der Waals surface area contributed by atoms with Crippen molar-refractivity contribution in [3.63, 3.8) is 0 Å². The van der Waals surface area contributed by atoms with Gasteiger partial charge in [-0.15, -0.1) is 0 Å². The molecule has 0 radical (unpaired) electrons. The number of anilines is 3. The highest BCUT2D eigenvalue weighted by molar-refractivity contribution is 5.95. The van der Waals surface area contributed by atoms with Crippen molar-refractivity contribution in [1.29, 1.82) is 0 Å². The number of rotatable bonds is 4. The monoisotopic (exact) mass is 402 g/mol. The van der Waals surface area contributed by atoms with Gasteiger partial charge in [-0.1, -0.05) is 18.2 Å². The molecule has 7 nitrogen and oxygen atoms in total. The first-order valence-electron chi connectivity index (χ1n) is 8.93. The molecule has 0 unspecified atom stereocenters. The fraction of sp³-hybridized carbons (Fsp3) is 0.263. The number of aromatic nitrogens is 4. The molecule has 0 atom stereocenters. The molecule has 1 saturated heterocycles. The quantitative estimate of drug-likeness (QED) is 0.667. The minimum atomic E-state index is -4.66. The number of amides is 1. The van der Waals surface area contributed by atoms with Crippen molar-refractivity contribution in [3.05, 3.63) is 54.5 Å². The second-order valence-electron chi connectivity index (χ2n) is 6.59. The maximum absolute atomic E-state index is 13.6. The number of halogens is 3. The molecule has 29 heavy (non-hydrogen) atoms. The minimum Gasteiger partial charge on any atom is -0.314 e. The maximum Gasteiger partial charge on any atom is 0.421 e. The predicted molar refractivity (Wildman–Crippen MR) is 100 cm³/mol. The third-order valence-electron chi connectivity index (χ3n) is 4.68. The zero-order valence-electron chi connectivity index (χ0n) is 15.5. The number of carbonyl (C=O) groups excluding carboxylic acids is 1. The van der Waals surface area contributed by atoms with Gasteiger partial charge in [0, 0.05) is 31.9 Å². The number of nitrogens with zero attached hydrogens (tertiary/aromatic N) is 6. The normalized spacial score (nSPS) is 14.5. The molecule has 0 N–H and O–H groups in total. The van der Waals surface area contributed by atoms with Gasteiger partial charge in [-0.2, -0.15) is 23.3 Å². The van der Waals surface area contributed by atoms with Gasteiger partial charge in [0.25, 0.3) is 0 Å². The van der Waals surface area contributed by atoms with Crippen LogP contribution in [-0.2, 0) is 11.0 Å². The Bertz CT molecular complexity index is 1030. The van der Waals surface area contributed by atoms with E-state index in [9.17, 15) is 18.0 Å². The minimum absolute atomic E-state index is 0.0761. The van der Waals surface area contributed by atoms with E-state index in [1.165, 1.54) is 17.3 Å². The van der Waals surface area contributed by atoms with Gasteiger partial charge in [-0.05, 0) is 18.6 Å². The third kappa shape index (κ3) is 3.65. The van der Waals surface area contributed by atoms with Crippen LogP contribution in [-0.4, -0.2) is 39.2 Å². The van der Waals surface area contributed by atoms with E-state index in [0.29, 0.717) is 25.1 Å². The highest BCUT2D eigenvalue weighted by atomic mass is 19.4. The summed E-state index contributed by atoms with van der Waals surface area (Å²) in [4.78, 5) is 23.0. The number of carbonyl (C=O) groups is 1. The zero-order valence-corrected chi connectivity index (χ0v) is 15.5. The van der Waals surface area contributed by atoms with E-state index >= 15 is 0 Å². The molecule has 0 aliphatic carbocycles. The van der Waals surface area contributed by atoms with Gasteiger partial charge in [-0.25, -0.2) is 9.67 Å². The molecule has 4 rings (SSSR count). The van der Waals surface area contributed by atoms with Crippen LogP contribution < -0.4 is 9.80 Å². The number of hydrogen-bond donors (Lipinski definition) is 0. The molecule has 3 heterocycles. The van der Waals surface area contributed by atoms with E-state index < -0.39 is 17.6 Å². The SMILES string of the molecule is CN(c1ccccc1)c1ncc(C(F)(F)F)c(-n2cc(N3CCCC3=O)cn2)n1. The summed E-state index contributed by atoms with van der Waals surface area (Å²) >= 11 is 0. The predicted octanol–water partition coefficient (Wildman–Crippen LogP) is 3.58. The molecule has 1 aliphatic heterocycles. The Morgan fingerprint density at radius 3 is 2.55 bits per heavy atom. The number of benzene rings is 1. The van der Waals surface area contributed by atoms with Crippen molar-refractivity contribution in [1.82, 2.24) is 19.7 Å². The molecule has 0 spiro atoms. The van der Waals surface area contributed by atoms with Gasteiger partial charge in [0.15, 0.2) is 5.82 Å². The molecule has 150 valence electrons. The lowest BCUT2D eigenvalue weighted by Gasteiger charge is -2.19. The summed E-state index contributed by atoms with van der Waals surface area (Å²) in [5.41, 5.74) is 0.157. The third-order valence-corrected chi connectivity index (χ3v) is 4.68. The first-order valence-corrected chi connectivity index (χ1v) is 8.93. The number of para-hydroxylation sites is 1. The summed E-state index contributed by atoms with van der Waals surface area (Å²) in [7, 11) is 1.67. The van der Waals surface area contributed by atoms with E-state index in [1.54, 1.807) is 24.1 Å². The highest BCUT2D eigenvalue weighted by Gasteiger charge is 2.36. The summed E-state index contributed by atoms with van der Waals surface area (Å²) in [6, 6.07) is 9.05. The van der Waals surface area contributed by atoms with Crippen molar-refractivity contribution in [3.8, 4) is 5.82 Å². The summed E-state index contributed by atoms with van der Waals surface area (Å²) in [6.07, 6.45) is -0.0385. The van der Waals surface area contributed by atoms with Crippen molar-refractivity contribution < 1.29 is 18.0 Å². The molecular weight excluding hydrogens is 385 g/mol. The summed E-state index contributed by atoms with van der Waals surface area (Å²) in [6.45, 7) is 0.516. The molecule has 1 amide bonds. The second kappa shape index (κ2) is 7.19. The van der Waals surface area contributed by atoms with Gasteiger partial charge in [0.1, 0.15) is 5.56 Å². The Kier molecular flexibility index (Phi) is 4.69. The Hall–Kier alpha value is -3.43. The Morgan fingerprint density at radius 1 is 1.14 bits per heavy atom. The van der Waals surface area contributed by atoms with Crippen LogP contribution in [0.4, 0.5) is 30.5 Å². The first kappa shape index (κ1) is 18.9. The topological polar surface area (TPSA) is 67.2 Å². The summed E-state index contributed by atoms with van der Waals surface area (Å²) in [5, 5.41) is 4.03. The molecule has 1 aliphatic rings. The largest absolute Gasteiger partial charge is 0.421 e. The fourth-order valence-corrected chi connectivity index (χ4v) is 3.16.